The van der Waals surface area contributed by atoms with Gasteiger partial charge in [0, 0.05) is 17.8 Å². The molecule has 1 amide bonds. The number of hydrogen-bond donors (Lipinski definition) is 2. The summed E-state index contributed by atoms with van der Waals surface area (Å²) in [6.07, 6.45) is 0.400. The molecule has 0 aromatic heterocycles. The summed E-state index contributed by atoms with van der Waals surface area (Å²) in [6, 6.07) is 14.6. The maximum atomic E-state index is 12.9. The van der Waals surface area contributed by atoms with E-state index in [1.54, 1.807) is 23.1 Å². The first kappa shape index (κ1) is 16.8. The molecule has 0 unspecified atom stereocenters. The number of fused-ring (bicyclic) bond motifs is 1. The molecule has 0 spiro atoms. The number of para-hydroxylation sites is 2. The number of aliphatic carboxylic acids is 1. The van der Waals surface area contributed by atoms with Crippen LogP contribution in [0.3, 0.4) is 0 Å². The molecule has 2 N–H and O–H groups in total. The number of carboxylic acids is 1. The second-order valence-electron chi connectivity index (χ2n) is 5.81. The molecule has 6 nitrogen and oxygen atoms in total. The Kier molecular flexibility index (Phi) is 4.88. The maximum absolute atomic E-state index is 12.9. The number of amides is 1. The van der Waals surface area contributed by atoms with E-state index in [9.17, 15) is 9.59 Å². The Labute approximate surface area is 146 Å². The molecule has 0 saturated heterocycles. The molecule has 0 aliphatic carbocycles. The average Bonchev–Trinajstić information content (AvgIpc) is 2.62. The summed E-state index contributed by atoms with van der Waals surface area (Å²) in [5.74, 6) is -0.636. The minimum absolute atomic E-state index is 0.0470. The lowest BCUT2D eigenvalue weighted by Crippen LogP contribution is -2.43. The molecule has 2 aromatic rings. The van der Waals surface area contributed by atoms with E-state index in [0.29, 0.717) is 17.9 Å². The number of nitrogens with zero attached hydrogens (tertiary/aromatic N) is 1. The van der Waals surface area contributed by atoms with Crippen LogP contribution in [0, 0.1) is 0 Å². The summed E-state index contributed by atoms with van der Waals surface area (Å²) in [4.78, 5) is 25.5. The van der Waals surface area contributed by atoms with Gasteiger partial charge in [0.15, 0.2) is 6.61 Å². The molecule has 6 heteroatoms. The van der Waals surface area contributed by atoms with Gasteiger partial charge in [0.1, 0.15) is 11.9 Å². The van der Waals surface area contributed by atoms with Crippen molar-refractivity contribution in [3.8, 4) is 5.75 Å². The van der Waals surface area contributed by atoms with Crippen LogP contribution in [-0.2, 0) is 4.79 Å². The smallest absolute Gasteiger partial charge is 0.341 e. The fourth-order valence-electron chi connectivity index (χ4n) is 2.99. The Morgan fingerprint density at radius 1 is 1.20 bits per heavy atom. The van der Waals surface area contributed by atoms with Gasteiger partial charge in [0.2, 0.25) is 0 Å². The minimum atomic E-state index is -1.04. The van der Waals surface area contributed by atoms with Gasteiger partial charge < -0.3 is 20.1 Å². The Hall–Kier alpha value is -3.02. The van der Waals surface area contributed by atoms with Crippen molar-refractivity contribution in [2.24, 2.45) is 0 Å². The summed E-state index contributed by atoms with van der Waals surface area (Å²) >= 11 is 0. The number of rotatable bonds is 6. The normalized spacial score (nSPS) is 16.1. The highest BCUT2D eigenvalue weighted by Crippen LogP contribution is 2.36. The zero-order valence-electron chi connectivity index (χ0n) is 13.9. The summed E-state index contributed by atoms with van der Waals surface area (Å²) in [7, 11) is 0. The molecule has 0 saturated carbocycles. The van der Waals surface area contributed by atoms with E-state index in [1.807, 2.05) is 37.3 Å². The predicted octanol–water partition coefficient (Wildman–Crippen LogP) is 3.13. The first-order chi connectivity index (χ1) is 12.1. The number of anilines is 1. The number of nitrogens with one attached hydrogen (secondary N) is 1. The van der Waals surface area contributed by atoms with Crippen molar-refractivity contribution < 1.29 is 19.4 Å². The molecule has 1 aliphatic rings. The number of ether oxygens (including phenoxy) is 1. The van der Waals surface area contributed by atoms with Crippen LogP contribution in [-0.4, -0.2) is 35.0 Å². The summed E-state index contributed by atoms with van der Waals surface area (Å²) in [5, 5.41) is 12.3. The van der Waals surface area contributed by atoms with E-state index in [2.05, 4.69) is 5.32 Å². The molecule has 25 heavy (non-hydrogen) atoms. The minimum Gasteiger partial charge on any atom is -0.481 e. The second kappa shape index (κ2) is 7.25. The predicted molar refractivity (Wildman–Crippen MR) is 93.7 cm³/mol. The van der Waals surface area contributed by atoms with Gasteiger partial charge in [-0.05, 0) is 24.6 Å². The van der Waals surface area contributed by atoms with Crippen LogP contribution >= 0.6 is 0 Å². The lowest BCUT2D eigenvalue weighted by atomic mass is 10.0. The maximum Gasteiger partial charge on any atom is 0.341 e. The number of hydrogen-bond acceptors (Lipinski definition) is 4. The molecular weight excluding hydrogens is 320 g/mol. The average molecular weight is 340 g/mol. The Bertz CT molecular complexity index is 790. The molecule has 0 fully saturated rings. The zero-order chi connectivity index (χ0) is 17.8. The van der Waals surface area contributed by atoms with Crippen LogP contribution in [0.25, 0.3) is 0 Å². The van der Waals surface area contributed by atoms with Crippen molar-refractivity contribution >= 4 is 17.6 Å². The molecule has 0 bridgehead atoms. The van der Waals surface area contributed by atoms with Gasteiger partial charge >= 0.3 is 5.97 Å². The van der Waals surface area contributed by atoms with Crippen molar-refractivity contribution in [3.05, 3.63) is 59.7 Å². The van der Waals surface area contributed by atoms with Gasteiger partial charge in [0.05, 0.1) is 5.56 Å². The van der Waals surface area contributed by atoms with Crippen LogP contribution < -0.4 is 10.1 Å². The van der Waals surface area contributed by atoms with Gasteiger partial charge in [-0.25, -0.2) is 4.79 Å². The number of benzene rings is 2. The third-order valence-corrected chi connectivity index (χ3v) is 4.05. The molecular formula is C19H20N2O4. The zero-order valence-corrected chi connectivity index (χ0v) is 13.9. The first-order valence-corrected chi connectivity index (χ1v) is 8.22. The lowest BCUT2D eigenvalue weighted by molar-refractivity contribution is -0.139. The van der Waals surface area contributed by atoms with Crippen LogP contribution in [0.15, 0.2) is 48.5 Å². The summed E-state index contributed by atoms with van der Waals surface area (Å²) < 4.78 is 5.42. The van der Waals surface area contributed by atoms with E-state index < -0.39 is 18.7 Å². The topological polar surface area (TPSA) is 78.9 Å². The lowest BCUT2D eigenvalue weighted by Gasteiger charge is -2.38. The standard InChI is InChI=1S/C19H20N2O4/c1-2-11-21-18(20-15-9-5-3-7-13(15)19(21)24)14-8-4-6-10-16(14)25-12-17(22)23/h3-10,18,20H,2,11-12H2,1H3,(H,22,23)/t18-/m1/s1. The van der Waals surface area contributed by atoms with Gasteiger partial charge in [-0.3, -0.25) is 4.79 Å². The molecule has 1 atom stereocenters. The molecule has 1 heterocycles. The van der Waals surface area contributed by atoms with Crippen LogP contribution in [0.4, 0.5) is 5.69 Å². The quantitative estimate of drug-likeness (QED) is 0.845. The van der Waals surface area contributed by atoms with Crippen LogP contribution in [0.5, 0.6) is 5.75 Å². The van der Waals surface area contributed by atoms with Crippen molar-refractivity contribution in [2.75, 3.05) is 18.5 Å². The van der Waals surface area contributed by atoms with Gasteiger partial charge in [-0.1, -0.05) is 37.3 Å². The van der Waals surface area contributed by atoms with E-state index >= 15 is 0 Å². The molecule has 130 valence electrons. The number of carbonyl (C=O) groups is 2. The fourth-order valence-corrected chi connectivity index (χ4v) is 2.99. The molecule has 0 radical (unpaired) electrons. The third kappa shape index (κ3) is 3.42. The molecule has 3 rings (SSSR count). The Morgan fingerprint density at radius 3 is 2.68 bits per heavy atom. The van der Waals surface area contributed by atoms with Crippen molar-refractivity contribution in [3.63, 3.8) is 0 Å². The molecule has 1 aliphatic heterocycles. The highest BCUT2D eigenvalue weighted by Gasteiger charge is 2.33. The number of carbonyl (C=O) groups excluding carboxylic acids is 1. The van der Waals surface area contributed by atoms with Gasteiger partial charge in [0.25, 0.3) is 5.91 Å². The fraction of sp³-hybridized carbons (Fsp3) is 0.263. The largest absolute Gasteiger partial charge is 0.481 e. The highest BCUT2D eigenvalue weighted by atomic mass is 16.5. The van der Waals surface area contributed by atoms with Gasteiger partial charge in [-0.15, -0.1) is 0 Å². The highest BCUT2D eigenvalue weighted by molar-refractivity contribution is 6.01. The third-order valence-electron chi connectivity index (χ3n) is 4.05. The summed E-state index contributed by atoms with van der Waals surface area (Å²) in [6.45, 7) is 2.16. The van der Waals surface area contributed by atoms with E-state index in [-0.39, 0.29) is 5.91 Å². The SMILES string of the molecule is CCCN1C(=O)c2ccccc2N[C@H]1c1ccccc1OCC(=O)O. The second-order valence-corrected chi connectivity index (χ2v) is 5.81. The molecule has 2 aromatic carbocycles. The van der Waals surface area contributed by atoms with Crippen LogP contribution in [0.2, 0.25) is 0 Å². The van der Waals surface area contributed by atoms with Crippen molar-refractivity contribution in [1.82, 2.24) is 4.90 Å². The van der Waals surface area contributed by atoms with E-state index in [0.717, 1.165) is 17.7 Å². The van der Waals surface area contributed by atoms with Crippen molar-refractivity contribution in [1.29, 1.82) is 0 Å². The number of carboxylic acid groups (broad SMARTS) is 1. The van der Waals surface area contributed by atoms with Gasteiger partial charge in [-0.2, -0.15) is 0 Å². The Morgan fingerprint density at radius 2 is 1.92 bits per heavy atom. The van der Waals surface area contributed by atoms with Crippen LogP contribution in [0.1, 0.15) is 35.4 Å². The summed E-state index contributed by atoms with van der Waals surface area (Å²) in [5.41, 5.74) is 2.13. The van der Waals surface area contributed by atoms with Crippen molar-refractivity contribution in [2.45, 2.75) is 19.5 Å². The monoisotopic (exact) mass is 340 g/mol. The first-order valence-electron chi connectivity index (χ1n) is 8.22. The van der Waals surface area contributed by atoms with E-state index in [1.165, 1.54) is 0 Å². The van der Waals surface area contributed by atoms with E-state index in [4.69, 9.17) is 9.84 Å². The Balaban J connectivity index is 2.00.